The highest BCUT2D eigenvalue weighted by molar-refractivity contribution is 4.28. The second kappa shape index (κ2) is 4.59. The van der Waals surface area contributed by atoms with Gasteiger partial charge in [0.05, 0.1) is 7.11 Å². The molecule has 5 nitrogen and oxygen atoms in total. The van der Waals surface area contributed by atoms with Crippen LogP contribution in [-0.2, 0) is 24.0 Å². The van der Waals surface area contributed by atoms with Crippen molar-refractivity contribution < 1.29 is 24.0 Å². The number of rotatable bonds is 5. The number of hydrogen-bond acceptors (Lipinski definition) is 5. The van der Waals surface area contributed by atoms with Crippen LogP contribution in [0.2, 0.25) is 0 Å². The quantitative estimate of drug-likeness (QED) is 0.318. The molecule has 0 amide bonds. The van der Waals surface area contributed by atoms with Crippen molar-refractivity contribution in [1.29, 1.82) is 0 Å². The molecule has 62 valence electrons. The van der Waals surface area contributed by atoms with Crippen LogP contribution in [0.1, 0.15) is 0 Å². The zero-order chi connectivity index (χ0) is 8.04. The van der Waals surface area contributed by atoms with Crippen LogP contribution in [0.3, 0.4) is 0 Å². The van der Waals surface area contributed by atoms with E-state index in [1.54, 1.807) is 0 Å². The van der Waals surface area contributed by atoms with E-state index in [0.29, 0.717) is 0 Å². The maximum absolute atomic E-state index is 4.69. The summed E-state index contributed by atoms with van der Waals surface area (Å²) in [6, 6.07) is 0. The van der Waals surface area contributed by atoms with Crippen molar-refractivity contribution in [2.24, 2.45) is 0 Å². The predicted molar refractivity (Wildman–Crippen MR) is 31.9 cm³/mol. The van der Waals surface area contributed by atoms with Crippen LogP contribution in [-0.4, -0.2) is 34.6 Å². The predicted octanol–water partition coefficient (Wildman–Crippen LogP) is 0.115. The Hall–Kier alpha value is -0.200. The van der Waals surface area contributed by atoms with Crippen LogP contribution < -0.4 is 0 Å². The van der Waals surface area contributed by atoms with Gasteiger partial charge in [0.1, 0.15) is 0 Å². The van der Waals surface area contributed by atoms with Crippen molar-refractivity contribution in [3.63, 3.8) is 0 Å². The zero-order valence-corrected chi connectivity index (χ0v) is 6.54. The molecule has 0 aliphatic heterocycles. The first-order chi connectivity index (χ1) is 4.74. The monoisotopic (exact) mass is 152 g/mol. The van der Waals surface area contributed by atoms with Gasteiger partial charge in [0.25, 0.3) is 0 Å². The lowest BCUT2D eigenvalue weighted by molar-refractivity contribution is -0.570. The van der Waals surface area contributed by atoms with Crippen LogP contribution in [0, 0.1) is 0 Å². The first-order valence-electron chi connectivity index (χ1n) is 2.62. The fourth-order valence-corrected chi connectivity index (χ4v) is 0.454. The van der Waals surface area contributed by atoms with E-state index < -0.39 is 6.16 Å². The van der Waals surface area contributed by atoms with Gasteiger partial charge in [0, 0.05) is 21.3 Å². The highest BCUT2D eigenvalue weighted by atomic mass is 17.3. The summed E-state index contributed by atoms with van der Waals surface area (Å²) in [5.41, 5.74) is 0. The van der Waals surface area contributed by atoms with Gasteiger partial charge >= 0.3 is 6.16 Å². The standard InChI is InChI=1S/C5H12O5/c1-6-5(7-2,8-3)10-9-4/h1-4H3. The van der Waals surface area contributed by atoms with E-state index in [9.17, 15) is 0 Å². The summed E-state index contributed by atoms with van der Waals surface area (Å²) in [5.74, 6) is 0. The Morgan fingerprint density at radius 1 is 0.800 bits per heavy atom. The van der Waals surface area contributed by atoms with E-state index in [1.165, 1.54) is 28.4 Å². The Kier molecular flexibility index (Phi) is 4.50. The summed E-state index contributed by atoms with van der Waals surface area (Å²) in [6.45, 7) is 0. The topological polar surface area (TPSA) is 46.2 Å². The zero-order valence-electron chi connectivity index (χ0n) is 6.54. The molecule has 10 heavy (non-hydrogen) atoms. The fraction of sp³-hybridized carbons (Fsp3) is 1.00. The summed E-state index contributed by atoms with van der Waals surface area (Å²) < 4.78 is 14.1. The van der Waals surface area contributed by atoms with E-state index in [2.05, 4.69) is 24.0 Å². The molecule has 0 bridgehead atoms. The molecule has 0 aromatic heterocycles. The molecule has 0 saturated heterocycles. The minimum Gasteiger partial charge on any atom is -0.305 e. The Morgan fingerprint density at radius 3 is 1.30 bits per heavy atom. The van der Waals surface area contributed by atoms with Crippen LogP contribution in [0.4, 0.5) is 0 Å². The molecule has 0 atom stereocenters. The van der Waals surface area contributed by atoms with Gasteiger partial charge in [-0.15, -0.1) is 4.89 Å². The first-order valence-corrected chi connectivity index (χ1v) is 2.62. The van der Waals surface area contributed by atoms with Crippen molar-refractivity contribution in [2.75, 3.05) is 28.4 Å². The summed E-state index contributed by atoms with van der Waals surface area (Å²) in [7, 11) is 5.43. The normalized spacial score (nSPS) is 12.0. The summed E-state index contributed by atoms with van der Waals surface area (Å²) in [4.78, 5) is 8.82. The minimum absolute atomic E-state index is 1.33. The molecule has 0 aromatic rings. The first kappa shape index (κ1) is 9.80. The molecular formula is C5H12O5. The molecule has 0 fully saturated rings. The third-order valence-electron chi connectivity index (χ3n) is 0.935. The third kappa shape index (κ3) is 2.20. The largest absolute Gasteiger partial charge is 0.438 e. The Balaban J connectivity index is 3.87. The second-order valence-electron chi connectivity index (χ2n) is 1.36. The van der Waals surface area contributed by atoms with Gasteiger partial charge in [0.2, 0.25) is 0 Å². The second-order valence-corrected chi connectivity index (χ2v) is 1.36. The van der Waals surface area contributed by atoms with E-state index in [0.717, 1.165) is 0 Å². The molecule has 0 radical (unpaired) electrons. The molecule has 0 N–H and O–H groups in total. The molecule has 0 rings (SSSR count). The average Bonchev–Trinajstić information content (AvgIpc) is 2.01. The van der Waals surface area contributed by atoms with Gasteiger partial charge in [-0.3, -0.25) is 0 Å². The number of hydrogen-bond donors (Lipinski definition) is 0. The summed E-state index contributed by atoms with van der Waals surface area (Å²) in [5, 5.41) is 0. The highest BCUT2D eigenvalue weighted by Crippen LogP contribution is 2.12. The SMILES string of the molecule is COOC(OC)(OC)OC. The maximum atomic E-state index is 4.69. The van der Waals surface area contributed by atoms with Gasteiger partial charge in [-0.2, -0.15) is 0 Å². The fourth-order valence-electron chi connectivity index (χ4n) is 0.454. The lowest BCUT2D eigenvalue weighted by atomic mass is 11.0. The molecule has 0 spiro atoms. The van der Waals surface area contributed by atoms with Gasteiger partial charge in [-0.25, -0.2) is 4.89 Å². The molecule has 5 heteroatoms. The van der Waals surface area contributed by atoms with Crippen LogP contribution in [0.25, 0.3) is 0 Å². The van der Waals surface area contributed by atoms with Crippen LogP contribution >= 0.6 is 0 Å². The minimum atomic E-state index is -1.55. The Labute approximate surface area is 59.7 Å². The molecule has 0 unspecified atom stereocenters. The van der Waals surface area contributed by atoms with E-state index in [4.69, 9.17) is 0 Å². The number of methoxy groups -OCH3 is 3. The van der Waals surface area contributed by atoms with Crippen molar-refractivity contribution in [3.05, 3.63) is 0 Å². The third-order valence-corrected chi connectivity index (χ3v) is 0.935. The summed E-state index contributed by atoms with van der Waals surface area (Å²) >= 11 is 0. The van der Waals surface area contributed by atoms with Crippen molar-refractivity contribution in [2.45, 2.75) is 6.16 Å². The smallest absolute Gasteiger partial charge is 0.305 e. The number of ether oxygens (including phenoxy) is 3. The lowest BCUT2D eigenvalue weighted by Gasteiger charge is -2.24. The van der Waals surface area contributed by atoms with Gasteiger partial charge in [0.15, 0.2) is 0 Å². The van der Waals surface area contributed by atoms with Gasteiger partial charge in [-0.1, -0.05) is 0 Å². The van der Waals surface area contributed by atoms with Crippen LogP contribution in [0.5, 0.6) is 0 Å². The van der Waals surface area contributed by atoms with E-state index >= 15 is 0 Å². The molecule has 0 heterocycles. The average molecular weight is 152 g/mol. The highest BCUT2D eigenvalue weighted by Gasteiger charge is 2.32. The molecule has 0 aromatic carbocycles. The lowest BCUT2D eigenvalue weighted by Crippen LogP contribution is -2.38. The van der Waals surface area contributed by atoms with Gasteiger partial charge in [-0.05, 0) is 0 Å². The van der Waals surface area contributed by atoms with Crippen molar-refractivity contribution in [3.8, 4) is 0 Å². The van der Waals surface area contributed by atoms with Gasteiger partial charge < -0.3 is 14.2 Å². The maximum Gasteiger partial charge on any atom is 0.438 e. The van der Waals surface area contributed by atoms with Crippen molar-refractivity contribution >= 4 is 0 Å². The molecule has 0 aliphatic rings. The van der Waals surface area contributed by atoms with Crippen molar-refractivity contribution in [1.82, 2.24) is 0 Å². The Morgan fingerprint density at radius 2 is 1.20 bits per heavy atom. The molecule has 0 aliphatic carbocycles. The van der Waals surface area contributed by atoms with E-state index in [-0.39, 0.29) is 0 Å². The summed E-state index contributed by atoms with van der Waals surface area (Å²) in [6.07, 6.45) is -1.55. The molecule has 0 saturated carbocycles. The van der Waals surface area contributed by atoms with E-state index in [1.807, 2.05) is 0 Å². The molecular weight excluding hydrogens is 140 g/mol. The Bertz CT molecular complexity index is 71.8. The van der Waals surface area contributed by atoms with Crippen LogP contribution in [0.15, 0.2) is 0 Å².